The molecule has 0 aromatic carbocycles. The lowest BCUT2D eigenvalue weighted by atomic mass is 10.1. The Hall–Kier alpha value is -0.100. The van der Waals surface area contributed by atoms with Gasteiger partial charge in [0, 0.05) is 5.33 Å². The van der Waals surface area contributed by atoms with Gasteiger partial charge in [0.2, 0.25) is 0 Å². The van der Waals surface area contributed by atoms with Gasteiger partial charge in [0.05, 0.1) is 4.75 Å². The lowest BCUT2D eigenvalue weighted by Crippen LogP contribution is -2.50. The van der Waals surface area contributed by atoms with E-state index in [9.17, 15) is 13.2 Å². The number of carbonyl (C=O) groups is 1. The lowest BCUT2D eigenvalue weighted by molar-refractivity contribution is -0.157. The highest BCUT2D eigenvalue weighted by Crippen LogP contribution is 2.49. The topological polar surface area (TPSA) is 60.4 Å². The van der Waals surface area contributed by atoms with Crippen LogP contribution in [-0.4, -0.2) is 34.8 Å². The summed E-state index contributed by atoms with van der Waals surface area (Å²) in [5.74, 6) is -0.678. The molecule has 0 radical (unpaired) electrons. The molecule has 0 amide bonds. The first-order chi connectivity index (χ1) is 7.90. The molecule has 1 fully saturated rings. The Morgan fingerprint density at radius 3 is 1.94 bits per heavy atom. The minimum atomic E-state index is -3.57. The van der Waals surface area contributed by atoms with Crippen LogP contribution in [-0.2, 0) is 19.4 Å². The van der Waals surface area contributed by atoms with Crippen molar-refractivity contribution in [3.05, 3.63) is 0 Å². The van der Waals surface area contributed by atoms with Crippen molar-refractivity contribution in [1.29, 1.82) is 0 Å². The molecule has 6 heteroatoms. The SMILES string of the molecule is CC(C)(C)OC(=O)C(C)(C)S(=O)(=O)C1(CBr)CC1. The van der Waals surface area contributed by atoms with Gasteiger partial charge in [-0.3, -0.25) is 4.79 Å². The molecule has 4 nitrogen and oxygen atoms in total. The molecule has 18 heavy (non-hydrogen) atoms. The summed E-state index contributed by atoms with van der Waals surface area (Å²) >= 11 is 3.24. The number of carbonyl (C=O) groups excluding carboxylic acids is 1. The van der Waals surface area contributed by atoms with Crippen molar-refractivity contribution in [2.24, 2.45) is 0 Å². The Bertz CT molecular complexity index is 441. The highest BCUT2D eigenvalue weighted by Gasteiger charge is 2.62. The Balaban J connectivity index is 3.04. The first-order valence-corrected chi connectivity index (χ1v) is 8.54. The van der Waals surface area contributed by atoms with Crippen LogP contribution < -0.4 is 0 Å². The number of halogens is 1. The van der Waals surface area contributed by atoms with Crippen LogP contribution in [0.15, 0.2) is 0 Å². The molecule has 0 heterocycles. The van der Waals surface area contributed by atoms with Crippen LogP contribution in [0.1, 0.15) is 47.5 Å². The minimum Gasteiger partial charge on any atom is -0.459 e. The number of hydrogen-bond acceptors (Lipinski definition) is 4. The van der Waals surface area contributed by atoms with Gasteiger partial charge in [-0.25, -0.2) is 8.42 Å². The quantitative estimate of drug-likeness (QED) is 0.582. The summed E-state index contributed by atoms with van der Waals surface area (Å²) in [5, 5.41) is 0.370. The van der Waals surface area contributed by atoms with Crippen molar-refractivity contribution in [2.75, 3.05) is 5.33 Å². The molecule has 0 aromatic rings. The molecule has 1 aliphatic rings. The maximum atomic E-state index is 12.6. The third kappa shape index (κ3) is 2.59. The molecule has 0 spiro atoms. The van der Waals surface area contributed by atoms with E-state index in [2.05, 4.69) is 15.9 Å². The molecule has 0 unspecified atom stereocenters. The van der Waals surface area contributed by atoms with Gasteiger partial charge in [-0.1, -0.05) is 15.9 Å². The third-order valence-electron chi connectivity index (χ3n) is 3.18. The van der Waals surface area contributed by atoms with Crippen LogP contribution in [0.3, 0.4) is 0 Å². The van der Waals surface area contributed by atoms with Gasteiger partial charge in [-0.05, 0) is 47.5 Å². The highest BCUT2D eigenvalue weighted by atomic mass is 79.9. The fraction of sp³-hybridized carbons (Fsp3) is 0.917. The average molecular weight is 341 g/mol. The molecule has 0 N–H and O–H groups in total. The molecular formula is C12H21BrO4S. The highest BCUT2D eigenvalue weighted by molar-refractivity contribution is 9.09. The number of sulfone groups is 1. The summed E-state index contributed by atoms with van der Waals surface area (Å²) in [6, 6.07) is 0. The van der Waals surface area contributed by atoms with E-state index >= 15 is 0 Å². The zero-order chi connectivity index (χ0) is 14.4. The Morgan fingerprint density at radius 2 is 1.67 bits per heavy atom. The Kier molecular flexibility index (Phi) is 3.97. The second kappa shape index (κ2) is 4.47. The van der Waals surface area contributed by atoms with E-state index in [-0.39, 0.29) is 0 Å². The fourth-order valence-corrected chi connectivity index (χ4v) is 5.26. The van der Waals surface area contributed by atoms with E-state index in [1.807, 2.05) is 0 Å². The molecule has 0 aliphatic heterocycles. The Labute approximate surface area is 118 Å². The van der Waals surface area contributed by atoms with Crippen molar-refractivity contribution in [3.8, 4) is 0 Å². The second-order valence-electron chi connectivity index (χ2n) is 6.33. The predicted octanol–water partition coefficient (Wildman–Crippen LogP) is 2.45. The van der Waals surface area contributed by atoms with Gasteiger partial charge in [0.15, 0.2) is 14.6 Å². The predicted molar refractivity (Wildman–Crippen MR) is 74.6 cm³/mol. The number of esters is 1. The standard InChI is InChI=1S/C12H21BrO4S/c1-10(2,3)17-9(14)11(4,5)18(15,16)12(8-13)6-7-12/h6-8H2,1-5H3. The van der Waals surface area contributed by atoms with Crippen molar-refractivity contribution >= 4 is 31.7 Å². The van der Waals surface area contributed by atoms with Gasteiger partial charge in [-0.15, -0.1) is 0 Å². The number of hydrogen-bond donors (Lipinski definition) is 0. The summed E-state index contributed by atoms with van der Waals surface area (Å²) in [7, 11) is -3.57. The zero-order valence-corrected chi connectivity index (χ0v) is 13.9. The maximum absolute atomic E-state index is 12.6. The smallest absolute Gasteiger partial charge is 0.327 e. The number of ether oxygens (including phenoxy) is 1. The van der Waals surface area contributed by atoms with Crippen LogP contribution in [0, 0.1) is 0 Å². The maximum Gasteiger partial charge on any atom is 0.327 e. The van der Waals surface area contributed by atoms with E-state index in [4.69, 9.17) is 4.74 Å². The summed E-state index contributed by atoms with van der Waals surface area (Å²) in [5.41, 5.74) is -0.686. The molecule has 0 atom stereocenters. The fourth-order valence-electron chi connectivity index (χ4n) is 1.67. The van der Waals surface area contributed by atoms with E-state index in [1.54, 1.807) is 20.8 Å². The van der Waals surface area contributed by atoms with Crippen LogP contribution in [0.4, 0.5) is 0 Å². The first-order valence-electron chi connectivity index (χ1n) is 5.93. The van der Waals surface area contributed by atoms with E-state index < -0.39 is 30.9 Å². The monoisotopic (exact) mass is 340 g/mol. The van der Waals surface area contributed by atoms with Gasteiger partial charge in [0.1, 0.15) is 5.60 Å². The van der Waals surface area contributed by atoms with Gasteiger partial charge in [-0.2, -0.15) is 0 Å². The molecular weight excluding hydrogens is 320 g/mol. The molecule has 1 rings (SSSR count). The summed E-state index contributed by atoms with van der Waals surface area (Å²) in [6.07, 6.45) is 1.21. The van der Waals surface area contributed by atoms with E-state index in [1.165, 1.54) is 13.8 Å². The van der Waals surface area contributed by atoms with Crippen molar-refractivity contribution in [2.45, 2.75) is 62.6 Å². The zero-order valence-electron chi connectivity index (χ0n) is 11.5. The molecule has 1 saturated carbocycles. The average Bonchev–Trinajstić information content (AvgIpc) is 2.95. The molecule has 106 valence electrons. The van der Waals surface area contributed by atoms with E-state index in [0.717, 1.165) is 0 Å². The van der Waals surface area contributed by atoms with Crippen LogP contribution in [0.5, 0.6) is 0 Å². The van der Waals surface area contributed by atoms with Gasteiger partial charge >= 0.3 is 5.97 Å². The molecule has 0 bridgehead atoms. The van der Waals surface area contributed by atoms with Gasteiger partial charge < -0.3 is 4.74 Å². The summed E-state index contributed by atoms with van der Waals surface area (Å²) < 4.78 is 28.1. The second-order valence-corrected chi connectivity index (χ2v) is 9.79. The third-order valence-corrected chi connectivity index (χ3v) is 7.83. The normalized spacial score (nSPS) is 19.4. The van der Waals surface area contributed by atoms with Crippen molar-refractivity contribution < 1.29 is 17.9 Å². The lowest BCUT2D eigenvalue weighted by Gasteiger charge is -2.31. The van der Waals surface area contributed by atoms with Crippen molar-refractivity contribution in [1.82, 2.24) is 0 Å². The van der Waals surface area contributed by atoms with Crippen LogP contribution in [0.2, 0.25) is 0 Å². The Morgan fingerprint density at radius 1 is 1.22 bits per heavy atom. The summed E-state index contributed by atoms with van der Waals surface area (Å²) in [4.78, 5) is 12.1. The molecule has 1 aliphatic carbocycles. The molecule has 0 aromatic heterocycles. The first kappa shape index (κ1) is 16.0. The van der Waals surface area contributed by atoms with Crippen molar-refractivity contribution in [3.63, 3.8) is 0 Å². The van der Waals surface area contributed by atoms with E-state index in [0.29, 0.717) is 18.2 Å². The molecule has 0 saturated heterocycles. The number of alkyl halides is 1. The van der Waals surface area contributed by atoms with Crippen LogP contribution >= 0.6 is 15.9 Å². The summed E-state index contributed by atoms with van der Waals surface area (Å²) in [6.45, 7) is 8.04. The largest absolute Gasteiger partial charge is 0.459 e. The number of rotatable bonds is 4. The van der Waals surface area contributed by atoms with Crippen LogP contribution in [0.25, 0.3) is 0 Å². The van der Waals surface area contributed by atoms with Gasteiger partial charge in [0.25, 0.3) is 0 Å². The minimum absolute atomic E-state index is 0.370.